The molecule has 0 saturated carbocycles. The van der Waals surface area contributed by atoms with E-state index in [1.807, 2.05) is 18.2 Å². The molecule has 0 fully saturated rings. The number of nitrogens with one attached hydrogen (secondary N) is 1. The zero-order valence-corrected chi connectivity index (χ0v) is 13.0. The zero-order valence-electron chi connectivity index (χ0n) is 13.0. The first-order valence-electron chi connectivity index (χ1n) is 7.11. The van der Waals surface area contributed by atoms with Crippen molar-refractivity contribution in [3.05, 3.63) is 68.8 Å². The zero-order chi connectivity index (χ0) is 16.8. The van der Waals surface area contributed by atoms with Gasteiger partial charge in [-0.3, -0.25) is 19.1 Å². The SMILES string of the molecule is Cn1cc(/C=C/C(=O)NCCc2ccccn2)c(=O)n(C)c1=O. The number of rotatable bonds is 5. The van der Waals surface area contributed by atoms with E-state index >= 15 is 0 Å². The molecule has 120 valence electrons. The monoisotopic (exact) mass is 314 g/mol. The summed E-state index contributed by atoms with van der Waals surface area (Å²) in [6, 6.07) is 5.61. The second-order valence-electron chi connectivity index (χ2n) is 5.04. The minimum Gasteiger partial charge on any atom is -0.352 e. The number of aryl methyl sites for hydroxylation is 1. The van der Waals surface area contributed by atoms with Gasteiger partial charge < -0.3 is 9.88 Å². The van der Waals surface area contributed by atoms with Crippen molar-refractivity contribution >= 4 is 12.0 Å². The van der Waals surface area contributed by atoms with Gasteiger partial charge in [0.25, 0.3) is 5.56 Å². The van der Waals surface area contributed by atoms with E-state index in [0.29, 0.717) is 13.0 Å². The van der Waals surface area contributed by atoms with E-state index in [2.05, 4.69) is 10.3 Å². The molecule has 7 heteroatoms. The van der Waals surface area contributed by atoms with Gasteiger partial charge in [-0.2, -0.15) is 0 Å². The van der Waals surface area contributed by atoms with Crippen LogP contribution in [0, 0.1) is 0 Å². The molecule has 23 heavy (non-hydrogen) atoms. The molecule has 0 aliphatic rings. The molecule has 0 aliphatic heterocycles. The average molecular weight is 314 g/mol. The quantitative estimate of drug-likeness (QED) is 0.778. The van der Waals surface area contributed by atoms with Crippen LogP contribution in [0.25, 0.3) is 6.08 Å². The third-order valence-electron chi connectivity index (χ3n) is 3.29. The summed E-state index contributed by atoms with van der Waals surface area (Å²) in [6.45, 7) is 0.450. The fraction of sp³-hybridized carbons (Fsp3) is 0.250. The molecule has 7 nitrogen and oxygen atoms in total. The molecular formula is C16H18N4O3. The maximum atomic E-state index is 11.9. The van der Waals surface area contributed by atoms with E-state index in [4.69, 9.17) is 0 Å². The molecule has 0 radical (unpaired) electrons. The van der Waals surface area contributed by atoms with E-state index in [-0.39, 0.29) is 11.5 Å². The fourth-order valence-corrected chi connectivity index (χ4v) is 2.03. The summed E-state index contributed by atoms with van der Waals surface area (Å²) in [7, 11) is 2.95. The van der Waals surface area contributed by atoms with Crippen molar-refractivity contribution in [3.8, 4) is 0 Å². The maximum absolute atomic E-state index is 11.9. The van der Waals surface area contributed by atoms with Gasteiger partial charge in [-0.25, -0.2) is 4.79 Å². The fourth-order valence-electron chi connectivity index (χ4n) is 2.03. The van der Waals surface area contributed by atoms with Gasteiger partial charge in [-0.15, -0.1) is 0 Å². The number of carbonyl (C=O) groups is 1. The van der Waals surface area contributed by atoms with Crippen molar-refractivity contribution in [1.29, 1.82) is 0 Å². The molecule has 0 aromatic carbocycles. The number of aromatic nitrogens is 3. The smallest absolute Gasteiger partial charge is 0.330 e. The van der Waals surface area contributed by atoms with Gasteiger partial charge in [0.1, 0.15) is 0 Å². The van der Waals surface area contributed by atoms with Gasteiger partial charge in [0.05, 0.1) is 5.56 Å². The van der Waals surface area contributed by atoms with Crippen LogP contribution in [0.15, 0.2) is 46.3 Å². The van der Waals surface area contributed by atoms with E-state index in [1.54, 1.807) is 13.2 Å². The molecule has 2 rings (SSSR count). The van der Waals surface area contributed by atoms with Crippen molar-refractivity contribution in [3.63, 3.8) is 0 Å². The van der Waals surface area contributed by atoms with Crippen LogP contribution in [-0.4, -0.2) is 26.6 Å². The summed E-state index contributed by atoms with van der Waals surface area (Å²) in [5.74, 6) is -0.308. The van der Waals surface area contributed by atoms with Gasteiger partial charge in [0, 0.05) is 51.2 Å². The van der Waals surface area contributed by atoms with E-state index in [9.17, 15) is 14.4 Å². The van der Waals surface area contributed by atoms with Gasteiger partial charge in [0.2, 0.25) is 5.91 Å². The first-order chi connectivity index (χ1) is 11.0. The highest BCUT2D eigenvalue weighted by Crippen LogP contribution is 1.94. The summed E-state index contributed by atoms with van der Waals surface area (Å²) >= 11 is 0. The standard InChI is InChI=1S/C16H18N4O3/c1-19-11-12(15(22)20(2)16(19)23)6-7-14(21)18-10-8-13-5-3-4-9-17-13/h3-7,9,11H,8,10H2,1-2H3,(H,18,21)/b7-6+. The van der Waals surface area contributed by atoms with Crippen LogP contribution in [0.4, 0.5) is 0 Å². The molecule has 0 bridgehead atoms. The Kier molecular flexibility index (Phi) is 5.24. The highest BCUT2D eigenvalue weighted by molar-refractivity contribution is 5.91. The second kappa shape index (κ2) is 7.35. The maximum Gasteiger partial charge on any atom is 0.330 e. The Morgan fingerprint density at radius 2 is 2.09 bits per heavy atom. The van der Waals surface area contributed by atoms with Crippen molar-refractivity contribution in [2.75, 3.05) is 6.54 Å². The lowest BCUT2D eigenvalue weighted by molar-refractivity contribution is -0.116. The number of pyridine rings is 1. The van der Waals surface area contributed by atoms with Crippen LogP contribution in [0.2, 0.25) is 0 Å². The molecular weight excluding hydrogens is 296 g/mol. The average Bonchev–Trinajstić information content (AvgIpc) is 2.56. The normalized spacial score (nSPS) is 10.9. The van der Waals surface area contributed by atoms with E-state index in [0.717, 1.165) is 10.3 Å². The number of hydrogen-bond acceptors (Lipinski definition) is 4. The Bertz CT molecular complexity index is 835. The molecule has 0 saturated heterocycles. The summed E-state index contributed by atoms with van der Waals surface area (Å²) in [5.41, 5.74) is 0.316. The van der Waals surface area contributed by atoms with Crippen molar-refractivity contribution in [2.45, 2.75) is 6.42 Å². The van der Waals surface area contributed by atoms with Crippen LogP contribution >= 0.6 is 0 Å². The Morgan fingerprint density at radius 3 is 2.78 bits per heavy atom. The lowest BCUT2D eigenvalue weighted by atomic mass is 10.2. The van der Waals surface area contributed by atoms with Crippen LogP contribution in [-0.2, 0) is 25.3 Å². The summed E-state index contributed by atoms with van der Waals surface area (Å²) in [4.78, 5) is 39.4. The Balaban J connectivity index is 1.97. The number of nitrogens with zero attached hydrogens (tertiary/aromatic N) is 3. The topological polar surface area (TPSA) is 86.0 Å². The first-order valence-corrected chi connectivity index (χ1v) is 7.11. The number of carbonyl (C=O) groups excluding carboxylic acids is 1. The van der Waals surface area contributed by atoms with Crippen molar-refractivity contribution in [2.24, 2.45) is 14.1 Å². The Morgan fingerprint density at radius 1 is 1.30 bits per heavy atom. The molecule has 1 amide bonds. The van der Waals surface area contributed by atoms with Gasteiger partial charge in [-0.05, 0) is 18.2 Å². The van der Waals surface area contributed by atoms with Crippen LogP contribution in [0.3, 0.4) is 0 Å². The highest BCUT2D eigenvalue weighted by atomic mass is 16.2. The third-order valence-corrected chi connectivity index (χ3v) is 3.29. The lowest BCUT2D eigenvalue weighted by Crippen LogP contribution is -2.37. The minimum absolute atomic E-state index is 0.273. The predicted molar refractivity (Wildman–Crippen MR) is 86.9 cm³/mol. The lowest BCUT2D eigenvalue weighted by Gasteiger charge is -2.04. The van der Waals surface area contributed by atoms with E-state index in [1.165, 1.54) is 30.0 Å². The van der Waals surface area contributed by atoms with Gasteiger partial charge in [0.15, 0.2) is 0 Å². The summed E-state index contributed by atoms with van der Waals surface area (Å²) in [6.07, 6.45) is 6.41. The Labute approximate surface area is 132 Å². The van der Waals surface area contributed by atoms with Crippen LogP contribution < -0.4 is 16.6 Å². The van der Waals surface area contributed by atoms with Gasteiger partial charge >= 0.3 is 5.69 Å². The van der Waals surface area contributed by atoms with Crippen molar-refractivity contribution < 1.29 is 4.79 Å². The minimum atomic E-state index is -0.439. The molecule has 2 heterocycles. The molecule has 0 spiro atoms. The molecule has 0 atom stereocenters. The second-order valence-corrected chi connectivity index (χ2v) is 5.04. The molecule has 1 N–H and O–H groups in total. The third kappa shape index (κ3) is 4.26. The number of hydrogen-bond donors (Lipinski definition) is 1. The van der Waals surface area contributed by atoms with Crippen molar-refractivity contribution in [1.82, 2.24) is 19.4 Å². The first kappa shape index (κ1) is 16.4. The number of amides is 1. The van der Waals surface area contributed by atoms with Crippen LogP contribution in [0.5, 0.6) is 0 Å². The predicted octanol–water partition coefficient (Wildman–Crippen LogP) is -0.149. The largest absolute Gasteiger partial charge is 0.352 e. The summed E-state index contributed by atoms with van der Waals surface area (Å²) < 4.78 is 2.29. The molecule has 2 aromatic heterocycles. The van der Waals surface area contributed by atoms with E-state index < -0.39 is 11.2 Å². The van der Waals surface area contributed by atoms with Crippen LogP contribution in [0.1, 0.15) is 11.3 Å². The highest BCUT2D eigenvalue weighted by Gasteiger charge is 2.04. The Hall–Kier alpha value is -2.96. The molecule has 0 unspecified atom stereocenters. The molecule has 2 aromatic rings. The summed E-state index contributed by atoms with van der Waals surface area (Å²) in [5, 5.41) is 2.72. The molecule has 0 aliphatic carbocycles. The van der Waals surface area contributed by atoms with Gasteiger partial charge in [-0.1, -0.05) is 6.07 Å².